The molecule has 0 radical (unpaired) electrons. The van der Waals surface area contributed by atoms with E-state index in [4.69, 9.17) is 9.47 Å². The van der Waals surface area contributed by atoms with Crippen LogP contribution in [0.2, 0.25) is 0 Å². The molecule has 0 aliphatic carbocycles. The highest BCUT2D eigenvalue weighted by Crippen LogP contribution is 2.10. The highest BCUT2D eigenvalue weighted by molar-refractivity contribution is 8.02. The number of allylic oxidation sites excluding steroid dienone is 2. The lowest BCUT2D eigenvalue weighted by atomic mass is 10.2. The van der Waals surface area contributed by atoms with Gasteiger partial charge in [0.05, 0.1) is 17.6 Å². The molecule has 8 heteroatoms. The van der Waals surface area contributed by atoms with Crippen LogP contribution in [0.3, 0.4) is 0 Å². The van der Waals surface area contributed by atoms with E-state index in [0.717, 1.165) is 11.8 Å². The summed E-state index contributed by atoms with van der Waals surface area (Å²) in [5.74, 6) is -1.79. The molecule has 1 rings (SSSR count). The Kier molecular flexibility index (Phi) is 6.83. The average Bonchev–Trinajstić information content (AvgIpc) is 2.47. The van der Waals surface area contributed by atoms with Gasteiger partial charge in [0.15, 0.2) is 6.29 Å². The van der Waals surface area contributed by atoms with Gasteiger partial charge in [0.2, 0.25) is 0 Å². The number of rotatable bonds is 6. The molecule has 1 aliphatic rings. The Bertz CT molecular complexity index is 494. The van der Waals surface area contributed by atoms with Crippen molar-refractivity contribution in [3.8, 4) is 0 Å². The van der Waals surface area contributed by atoms with Crippen LogP contribution in [-0.4, -0.2) is 36.8 Å². The third-order valence-electron chi connectivity index (χ3n) is 1.86. The van der Waals surface area contributed by atoms with Crippen molar-refractivity contribution in [1.82, 2.24) is 5.32 Å². The maximum atomic E-state index is 11.4. The quantitative estimate of drug-likeness (QED) is 0.320. The zero-order chi connectivity index (χ0) is 14.8. The molecule has 0 fully saturated rings. The molecule has 1 N–H and O–H groups in total. The summed E-state index contributed by atoms with van der Waals surface area (Å²) in [6, 6.07) is 0. The van der Waals surface area contributed by atoms with Gasteiger partial charge in [0.25, 0.3) is 0 Å². The van der Waals surface area contributed by atoms with Crippen LogP contribution in [0.15, 0.2) is 35.3 Å². The number of thioether (sulfide) groups is 1. The molecule has 0 spiro atoms. The molecule has 1 aliphatic heterocycles. The second kappa shape index (κ2) is 8.70. The van der Waals surface area contributed by atoms with E-state index in [-0.39, 0.29) is 23.7 Å². The van der Waals surface area contributed by atoms with Crippen LogP contribution >= 0.6 is 11.8 Å². The van der Waals surface area contributed by atoms with Gasteiger partial charge in [-0.15, -0.1) is 11.8 Å². The molecule has 0 unspecified atom stereocenters. The Morgan fingerprint density at radius 3 is 2.95 bits per heavy atom. The van der Waals surface area contributed by atoms with Crippen LogP contribution in [0.1, 0.15) is 0 Å². The molecule has 1 heterocycles. The maximum absolute atomic E-state index is 11.4. The van der Waals surface area contributed by atoms with Crippen molar-refractivity contribution in [2.45, 2.75) is 0 Å². The van der Waals surface area contributed by atoms with E-state index in [0.29, 0.717) is 12.6 Å². The Labute approximate surface area is 118 Å². The Hall–Kier alpha value is -2.35. The molecule has 106 valence electrons. The lowest BCUT2D eigenvalue weighted by Gasteiger charge is -2.11. The van der Waals surface area contributed by atoms with Crippen LogP contribution in [0.25, 0.3) is 0 Å². The van der Waals surface area contributed by atoms with Gasteiger partial charge >= 0.3 is 11.9 Å². The number of aldehydes is 2. The lowest BCUT2D eigenvalue weighted by Crippen LogP contribution is -2.29. The summed E-state index contributed by atoms with van der Waals surface area (Å²) in [6.07, 6.45) is 4.98. The molecule has 0 aromatic carbocycles. The van der Waals surface area contributed by atoms with Crippen molar-refractivity contribution in [3.05, 3.63) is 35.3 Å². The van der Waals surface area contributed by atoms with Gasteiger partial charge < -0.3 is 19.6 Å². The first-order valence-electron chi connectivity index (χ1n) is 5.38. The summed E-state index contributed by atoms with van der Waals surface area (Å²) in [6.45, 7) is -0.0403. The molecule has 0 aromatic rings. The van der Waals surface area contributed by atoms with Gasteiger partial charge in [-0.05, 0) is 11.5 Å². The summed E-state index contributed by atoms with van der Waals surface area (Å²) in [4.78, 5) is 43.2. The number of hydrogen-bond donors (Lipinski definition) is 1. The first-order valence-corrected chi connectivity index (χ1v) is 6.42. The predicted molar refractivity (Wildman–Crippen MR) is 70.1 cm³/mol. The summed E-state index contributed by atoms with van der Waals surface area (Å²) < 4.78 is 9.62. The molecule has 0 saturated heterocycles. The van der Waals surface area contributed by atoms with E-state index in [1.165, 1.54) is 23.9 Å². The van der Waals surface area contributed by atoms with E-state index in [1.54, 1.807) is 0 Å². The molecule has 7 nitrogen and oxygen atoms in total. The number of carbonyl (C=O) groups is 4. The number of hydrogen-bond acceptors (Lipinski definition) is 7. The normalized spacial score (nSPS) is 13.8. The van der Waals surface area contributed by atoms with Crippen molar-refractivity contribution in [2.24, 2.45) is 0 Å². The Morgan fingerprint density at radius 2 is 2.25 bits per heavy atom. The highest BCUT2D eigenvalue weighted by Gasteiger charge is 2.18. The minimum absolute atomic E-state index is 0.0403. The van der Waals surface area contributed by atoms with Crippen LogP contribution in [0.5, 0.6) is 0 Å². The average molecular weight is 297 g/mol. The third-order valence-corrected chi connectivity index (χ3v) is 2.52. The summed E-state index contributed by atoms with van der Waals surface area (Å²) in [5.41, 5.74) is 0.199. The fraction of sp³-hybridized carbons (Fsp3) is 0.167. The van der Waals surface area contributed by atoms with E-state index in [1.807, 2.05) is 0 Å². The van der Waals surface area contributed by atoms with Crippen molar-refractivity contribution in [1.29, 1.82) is 0 Å². The van der Waals surface area contributed by atoms with Crippen molar-refractivity contribution in [2.75, 3.05) is 12.4 Å². The first-order chi connectivity index (χ1) is 9.67. The molecule has 1 amide bonds. The second-order valence-corrected chi connectivity index (χ2v) is 4.26. The molecular weight excluding hydrogens is 286 g/mol. The fourth-order valence-corrected chi connectivity index (χ4v) is 1.43. The minimum atomic E-state index is -1.13. The lowest BCUT2D eigenvalue weighted by molar-refractivity contribution is -0.152. The largest absolute Gasteiger partial charge is 0.493 e. The molecule has 0 saturated carbocycles. The van der Waals surface area contributed by atoms with Crippen molar-refractivity contribution >= 4 is 36.2 Å². The van der Waals surface area contributed by atoms with E-state index < -0.39 is 11.9 Å². The fourth-order valence-electron chi connectivity index (χ4n) is 1.08. The second-order valence-electron chi connectivity index (χ2n) is 3.32. The van der Waals surface area contributed by atoms with Gasteiger partial charge in [0, 0.05) is 6.20 Å². The number of ether oxygens (including phenoxy) is 2. The summed E-state index contributed by atoms with van der Waals surface area (Å²) >= 11 is 1.15. The van der Waals surface area contributed by atoms with Crippen LogP contribution in [0.4, 0.5) is 0 Å². The van der Waals surface area contributed by atoms with Crippen molar-refractivity contribution < 1.29 is 28.7 Å². The minimum Gasteiger partial charge on any atom is -0.493 e. The standard InChI is InChI=1S/C12H11NO6S/c14-2-4-20-3-1-13-11(16)12(17)19-10-5-9(6-15)7-18-8-10/h1-3,5-7H,4,8H2,(H,13,16)/b3-1+. The van der Waals surface area contributed by atoms with E-state index >= 15 is 0 Å². The maximum Gasteiger partial charge on any atom is 0.402 e. The van der Waals surface area contributed by atoms with E-state index in [9.17, 15) is 19.2 Å². The van der Waals surface area contributed by atoms with E-state index in [2.05, 4.69) is 5.32 Å². The Balaban J connectivity index is 2.42. The topological polar surface area (TPSA) is 98.8 Å². The smallest absolute Gasteiger partial charge is 0.402 e. The molecule has 0 bridgehead atoms. The Morgan fingerprint density at radius 1 is 1.45 bits per heavy atom. The molecule has 0 atom stereocenters. The zero-order valence-electron chi connectivity index (χ0n) is 10.2. The summed E-state index contributed by atoms with van der Waals surface area (Å²) in [7, 11) is 0. The summed E-state index contributed by atoms with van der Waals surface area (Å²) in [5, 5.41) is 3.63. The third kappa shape index (κ3) is 5.53. The highest BCUT2D eigenvalue weighted by atomic mass is 32.2. The monoisotopic (exact) mass is 297 g/mol. The van der Waals surface area contributed by atoms with Crippen LogP contribution < -0.4 is 5.32 Å². The van der Waals surface area contributed by atoms with Crippen LogP contribution in [0, 0.1) is 0 Å². The van der Waals surface area contributed by atoms with Crippen LogP contribution in [-0.2, 0) is 28.7 Å². The van der Waals surface area contributed by atoms with Crippen molar-refractivity contribution in [3.63, 3.8) is 0 Å². The SMILES string of the molecule is O=CCS/C=C/NC(=O)C(=O)OC1=CC(C=O)=COC1. The zero-order valence-corrected chi connectivity index (χ0v) is 11.1. The van der Waals surface area contributed by atoms with Gasteiger partial charge in [-0.1, -0.05) is 0 Å². The predicted octanol–water partition coefficient (Wildman–Crippen LogP) is 0.0460. The number of nitrogens with one attached hydrogen (secondary N) is 1. The van der Waals surface area contributed by atoms with Gasteiger partial charge in [0.1, 0.15) is 18.7 Å². The molecule has 20 heavy (non-hydrogen) atoms. The van der Waals surface area contributed by atoms with Gasteiger partial charge in [-0.2, -0.15) is 0 Å². The van der Waals surface area contributed by atoms with Gasteiger partial charge in [-0.25, -0.2) is 4.79 Å². The van der Waals surface area contributed by atoms with Gasteiger partial charge in [-0.3, -0.25) is 9.59 Å². The molecular formula is C12H11NO6S. The number of esters is 1. The number of amides is 1. The first kappa shape index (κ1) is 15.7. The molecule has 0 aromatic heterocycles. The number of carbonyl (C=O) groups excluding carboxylic acids is 4.